The number of fused-ring (bicyclic) bond motifs is 1. The molecule has 1 aromatic carbocycles. The average Bonchev–Trinajstić information content (AvgIpc) is 2.89. The Labute approximate surface area is 110 Å². The molecule has 0 fully saturated rings. The molecule has 0 bridgehead atoms. The lowest BCUT2D eigenvalue weighted by molar-refractivity contribution is 0.872. The molecule has 2 heterocycles. The van der Waals surface area contributed by atoms with E-state index in [1.165, 1.54) is 0 Å². The number of nitrogens with two attached hydrogens (primary N) is 1. The fraction of sp³-hybridized carbons (Fsp3) is 0.154. The molecular formula is C13H14N6. The number of hydrogen-bond acceptors (Lipinski definition) is 5. The molecule has 0 saturated carbocycles. The summed E-state index contributed by atoms with van der Waals surface area (Å²) < 4.78 is 1.82. The molecule has 3 aromatic rings. The molecule has 3 rings (SSSR count). The van der Waals surface area contributed by atoms with E-state index in [-0.39, 0.29) is 6.04 Å². The van der Waals surface area contributed by atoms with Crippen molar-refractivity contribution in [2.75, 3.05) is 11.1 Å². The summed E-state index contributed by atoms with van der Waals surface area (Å²) in [5.41, 5.74) is 8.29. The Morgan fingerprint density at radius 3 is 2.84 bits per heavy atom. The number of hydrogen-bond donors (Lipinski definition) is 2. The van der Waals surface area contributed by atoms with E-state index in [0.29, 0.717) is 11.5 Å². The van der Waals surface area contributed by atoms with Gasteiger partial charge < -0.3 is 11.1 Å². The van der Waals surface area contributed by atoms with Gasteiger partial charge in [-0.2, -0.15) is 0 Å². The SMILES string of the molecule is CC(Nc1nccn2cnnc12)c1ccc(N)cc1. The van der Waals surface area contributed by atoms with Gasteiger partial charge >= 0.3 is 0 Å². The minimum absolute atomic E-state index is 0.107. The monoisotopic (exact) mass is 254 g/mol. The molecular weight excluding hydrogens is 240 g/mol. The minimum Gasteiger partial charge on any atom is -0.399 e. The second kappa shape index (κ2) is 4.56. The van der Waals surface area contributed by atoms with Gasteiger partial charge in [-0.05, 0) is 24.6 Å². The molecule has 96 valence electrons. The molecule has 1 unspecified atom stereocenters. The molecule has 3 N–H and O–H groups in total. The maximum absolute atomic E-state index is 5.69. The highest BCUT2D eigenvalue weighted by Crippen LogP contribution is 2.20. The zero-order chi connectivity index (χ0) is 13.2. The number of anilines is 2. The van der Waals surface area contributed by atoms with E-state index in [2.05, 4.69) is 27.4 Å². The predicted octanol–water partition coefficient (Wildman–Crippen LogP) is 1.88. The van der Waals surface area contributed by atoms with Crippen LogP contribution in [0, 0.1) is 0 Å². The maximum Gasteiger partial charge on any atom is 0.203 e. The molecule has 0 aliphatic carbocycles. The van der Waals surface area contributed by atoms with Crippen molar-refractivity contribution < 1.29 is 0 Å². The third kappa shape index (κ3) is 2.20. The third-order valence-corrected chi connectivity index (χ3v) is 3.01. The molecule has 0 saturated heterocycles. The molecule has 6 nitrogen and oxygen atoms in total. The highest BCUT2D eigenvalue weighted by atomic mass is 15.2. The van der Waals surface area contributed by atoms with E-state index in [0.717, 1.165) is 11.3 Å². The largest absolute Gasteiger partial charge is 0.399 e. The number of nitrogens with one attached hydrogen (secondary N) is 1. The molecule has 1 atom stereocenters. The van der Waals surface area contributed by atoms with Crippen LogP contribution in [0.4, 0.5) is 11.5 Å². The summed E-state index contributed by atoms with van der Waals surface area (Å²) in [5, 5.41) is 11.2. The Bertz CT molecular complexity index is 688. The Balaban J connectivity index is 1.88. The van der Waals surface area contributed by atoms with Crippen LogP contribution in [-0.4, -0.2) is 19.6 Å². The van der Waals surface area contributed by atoms with Gasteiger partial charge in [-0.1, -0.05) is 12.1 Å². The molecule has 19 heavy (non-hydrogen) atoms. The fourth-order valence-electron chi connectivity index (χ4n) is 1.93. The molecule has 0 aliphatic rings. The molecule has 2 aromatic heterocycles. The molecule has 6 heteroatoms. The van der Waals surface area contributed by atoms with Crippen molar-refractivity contribution in [1.82, 2.24) is 19.6 Å². The lowest BCUT2D eigenvalue weighted by Gasteiger charge is -2.15. The normalized spacial score (nSPS) is 12.5. The maximum atomic E-state index is 5.69. The van der Waals surface area contributed by atoms with Crippen LogP contribution >= 0.6 is 0 Å². The Morgan fingerprint density at radius 2 is 2.05 bits per heavy atom. The highest BCUT2D eigenvalue weighted by molar-refractivity contribution is 5.62. The van der Waals surface area contributed by atoms with Crippen LogP contribution in [0.5, 0.6) is 0 Å². The third-order valence-electron chi connectivity index (χ3n) is 3.01. The van der Waals surface area contributed by atoms with Gasteiger partial charge in [0.1, 0.15) is 6.33 Å². The average molecular weight is 254 g/mol. The lowest BCUT2D eigenvalue weighted by Crippen LogP contribution is -2.09. The lowest BCUT2D eigenvalue weighted by atomic mass is 10.1. The first-order valence-corrected chi connectivity index (χ1v) is 6.00. The van der Waals surface area contributed by atoms with E-state index < -0.39 is 0 Å². The summed E-state index contributed by atoms with van der Waals surface area (Å²) in [6.07, 6.45) is 5.18. The summed E-state index contributed by atoms with van der Waals surface area (Å²) in [6, 6.07) is 7.88. The van der Waals surface area contributed by atoms with Crippen LogP contribution in [0.2, 0.25) is 0 Å². The number of rotatable bonds is 3. The summed E-state index contributed by atoms with van der Waals surface area (Å²) >= 11 is 0. The van der Waals surface area contributed by atoms with Crippen LogP contribution in [0.1, 0.15) is 18.5 Å². The van der Waals surface area contributed by atoms with Crippen LogP contribution in [0.3, 0.4) is 0 Å². The van der Waals surface area contributed by atoms with Crippen molar-refractivity contribution in [3.63, 3.8) is 0 Å². The number of aromatic nitrogens is 4. The first-order chi connectivity index (χ1) is 9.24. The summed E-state index contributed by atoms with van der Waals surface area (Å²) in [7, 11) is 0. The number of nitrogens with zero attached hydrogens (tertiary/aromatic N) is 4. The highest BCUT2D eigenvalue weighted by Gasteiger charge is 2.09. The quantitative estimate of drug-likeness (QED) is 0.697. The van der Waals surface area contributed by atoms with E-state index >= 15 is 0 Å². The minimum atomic E-state index is 0.107. The van der Waals surface area contributed by atoms with E-state index in [1.54, 1.807) is 12.5 Å². The van der Waals surface area contributed by atoms with Gasteiger partial charge in [0.05, 0.1) is 6.04 Å². The second-order valence-electron chi connectivity index (χ2n) is 4.37. The molecule has 0 radical (unpaired) electrons. The zero-order valence-electron chi connectivity index (χ0n) is 10.5. The second-order valence-corrected chi connectivity index (χ2v) is 4.37. The smallest absolute Gasteiger partial charge is 0.203 e. The Morgan fingerprint density at radius 1 is 1.26 bits per heavy atom. The first-order valence-electron chi connectivity index (χ1n) is 6.00. The van der Waals surface area contributed by atoms with Crippen LogP contribution in [-0.2, 0) is 0 Å². The van der Waals surface area contributed by atoms with Crippen LogP contribution in [0.15, 0.2) is 43.0 Å². The van der Waals surface area contributed by atoms with Crippen molar-refractivity contribution in [2.45, 2.75) is 13.0 Å². The van der Waals surface area contributed by atoms with Gasteiger partial charge in [0.2, 0.25) is 5.65 Å². The van der Waals surface area contributed by atoms with Crippen molar-refractivity contribution in [2.24, 2.45) is 0 Å². The van der Waals surface area contributed by atoms with Gasteiger partial charge in [-0.15, -0.1) is 10.2 Å². The van der Waals surface area contributed by atoms with Crippen molar-refractivity contribution in [3.05, 3.63) is 48.5 Å². The number of nitrogen functional groups attached to an aromatic ring is 1. The summed E-state index contributed by atoms with van der Waals surface area (Å²) in [4.78, 5) is 4.30. The van der Waals surface area contributed by atoms with Crippen LogP contribution < -0.4 is 11.1 Å². The number of benzene rings is 1. The van der Waals surface area contributed by atoms with Gasteiger partial charge in [0.25, 0.3) is 0 Å². The standard InChI is InChI=1S/C13H14N6/c1-9(10-2-4-11(14)5-3-10)17-12-13-18-16-8-19(13)7-6-15-12/h2-9H,14H2,1H3,(H,15,17). The Hall–Kier alpha value is -2.63. The van der Waals surface area contributed by atoms with E-state index in [1.807, 2.05) is 34.9 Å². The molecule has 0 aliphatic heterocycles. The first kappa shape index (κ1) is 11.5. The van der Waals surface area contributed by atoms with Gasteiger partial charge in [-0.3, -0.25) is 4.40 Å². The van der Waals surface area contributed by atoms with Crippen molar-refractivity contribution in [1.29, 1.82) is 0 Å². The van der Waals surface area contributed by atoms with E-state index in [4.69, 9.17) is 5.73 Å². The fourth-order valence-corrected chi connectivity index (χ4v) is 1.93. The topological polar surface area (TPSA) is 81.1 Å². The predicted molar refractivity (Wildman–Crippen MR) is 73.7 cm³/mol. The summed E-state index contributed by atoms with van der Waals surface area (Å²) in [5.74, 6) is 0.712. The molecule has 0 amide bonds. The molecule has 0 spiro atoms. The van der Waals surface area contributed by atoms with Gasteiger partial charge in [0.15, 0.2) is 5.82 Å². The van der Waals surface area contributed by atoms with E-state index in [9.17, 15) is 0 Å². The van der Waals surface area contributed by atoms with Crippen molar-refractivity contribution in [3.8, 4) is 0 Å². The van der Waals surface area contributed by atoms with Crippen molar-refractivity contribution >= 4 is 17.2 Å². The van der Waals surface area contributed by atoms with Gasteiger partial charge in [0, 0.05) is 18.1 Å². The Kier molecular flexibility index (Phi) is 2.75. The summed E-state index contributed by atoms with van der Waals surface area (Å²) in [6.45, 7) is 2.06. The zero-order valence-corrected chi connectivity index (χ0v) is 10.5. The van der Waals surface area contributed by atoms with Crippen LogP contribution in [0.25, 0.3) is 5.65 Å². The van der Waals surface area contributed by atoms with Gasteiger partial charge in [-0.25, -0.2) is 4.98 Å².